The first-order chi connectivity index (χ1) is 11.0. The summed E-state index contributed by atoms with van der Waals surface area (Å²) in [5.41, 5.74) is 0.971. The summed E-state index contributed by atoms with van der Waals surface area (Å²) < 4.78 is 5.85. The Balaban J connectivity index is 1.68. The molecule has 0 saturated carbocycles. The Morgan fingerprint density at radius 3 is 2.52 bits per heavy atom. The van der Waals surface area contributed by atoms with Gasteiger partial charge in [-0.3, -0.25) is 4.90 Å². The maximum absolute atomic E-state index is 5.85. The Hall–Kier alpha value is -1.72. The second kappa shape index (κ2) is 6.81. The SMILES string of the molecule is CC(C)[C@@H]1CN(Cc2nnc(-c3ccccc3)o2)C[C@H]1N(C)C. The summed E-state index contributed by atoms with van der Waals surface area (Å²) in [6.45, 7) is 7.49. The van der Waals surface area contributed by atoms with E-state index in [1.165, 1.54) is 0 Å². The zero-order valence-electron chi connectivity index (χ0n) is 14.4. The van der Waals surface area contributed by atoms with Gasteiger partial charge in [-0.2, -0.15) is 0 Å². The van der Waals surface area contributed by atoms with E-state index in [2.05, 4.69) is 47.9 Å². The normalized spacial score (nSPS) is 22.3. The molecular weight excluding hydrogens is 288 g/mol. The van der Waals surface area contributed by atoms with Crippen LogP contribution in [0.5, 0.6) is 0 Å². The van der Waals surface area contributed by atoms with Gasteiger partial charge < -0.3 is 9.32 Å². The van der Waals surface area contributed by atoms with Crippen molar-refractivity contribution in [2.75, 3.05) is 27.2 Å². The highest BCUT2D eigenvalue weighted by atomic mass is 16.4. The van der Waals surface area contributed by atoms with Crippen LogP contribution in [0.3, 0.4) is 0 Å². The van der Waals surface area contributed by atoms with Gasteiger partial charge in [0.1, 0.15) is 0 Å². The van der Waals surface area contributed by atoms with Crippen LogP contribution in [0.2, 0.25) is 0 Å². The van der Waals surface area contributed by atoms with Crippen molar-refractivity contribution in [3.8, 4) is 11.5 Å². The Morgan fingerprint density at radius 2 is 1.91 bits per heavy atom. The predicted octanol–water partition coefficient (Wildman–Crippen LogP) is 2.75. The van der Waals surface area contributed by atoms with Gasteiger partial charge in [0.2, 0.25) is 11.8 Å². The molecule has 1 aliphatic heterocycles. The Labute approximate surface area is 138 Å². The fourth-order valence-corrected chi connectivity index (χ4v) is 3.43. The van der Waals surface area contributed by atoms with Crippen molar-refractivity contribution in [1.29, 1.82) is 0 Å². The van der Waals surface area contributed by atoms with Crippen molar-refractivity contribution in [2.45, 2.75) is 26.4 Å². The molecule has 0 bridgehead atoms. The minimum absolute atomic E-state index is 0.589. The average molecular weight is 314 g/mol. The standard InChI is InChI=1S/C18H26N4O/c1-13(2)15-10-22(11-16(15)21(3)4)12-17-19-20-18(23-17)14-8-6-5-7-9-14/h5-9,13,15-16H,10-12H2,1-4H3/t15-,16+/m0/s1. The first kappa shape index (κ1) is 16.1. The number of benzene rings is 1. The molecule has 1 saturated heterocycles. The lowest BCUT2D eigenvalue weighted by atomic mass is 9.91. The van der Waals surface area contributed by atoms with Gasteiger partial charge in [0.15, 0.2) is 0 Å². The third-order valence-electron chi connectivity index (χ3n) is 4.77. The summed E-state index contributed by atoms with van der Waals surface area (Å²) in [7, 11) is 4.34. The van der Waals surface area contributed by atoms with Crippen LogP contribution >= 0.6 is 0 Å². The first-order valence-corrected chi connectivity index (χ1v) is 8.31. The van der Waals surface area contributed by atoms with Crippen molar-refractivity contribution in [2.24, 2.45) is 11.8 Å². The van der Waals surface area contributed by atoms with Gasteiger partial charge in [-0.15, -0.1) is 10.2 Å². The summed E-state index contributed by atoms with van der Waals surface area (Å²) in [5, 5.41) is 8.41. The van der Waals surface area contributed by atoms with Crippen LogP contribution in [0.1, 0.15) is 19.7 Å². The summed E-state index contributed by atoms with van der Waals surface area (Å²) in [4.78, 5) is 4.77. The molecule has 0 amide bonds. The molecule has 2 aromatic rings. The summed E-state index contributed by atoms with van der Waals surface area (Å²) in [6.07, 6.45) is 0. The minimum Gasteiger partial charge on any atom is -0.419 e. The Kier molecular flexibility index (Phi) is 4.78. The van der Waals surface area contributed by atoms with E-state index in [0.717, 1.165) is 25.2 Å². The van der Waals surface area contributed by atoms with Crippen molar-refractivity contribution >= 4 is 0 Å². The molecule has 1 aromatic carbocycles. The van der Waals surface area contributed by atoms with E-state index in [1.807, 2.05) is 30.3 Å². The molecule has 1 aliphatic rings. The van der Waals surface area contributed by atoms with Crippen LogP contribution in [0, 0.1) is 11.8 Å². The molecular formula is C18H26N4O. The fraction of sp³-hybridized carbons (Fsp3) is 0.556. The summed E-state index contributed by atoms with van der Waals surface area (Å²) in [5.74, 6) is 2.66. The molecule has 0 radical (unpaired) electrons. The van der Waals surface area contributed by atoms with Crippen LogP contribution in [-0.2, 0) is 6.54 Å². The molecule has 0 aliphatic carbocycles. The van der Waals surface area contributed by atoms with Crippen molar-refractivity contribution < 1.29 is 4.42 Å². The van der Waals surface area contributed by atoms with Crippen LogP contribution in [0.15, 0.2) is 34.7 Å². The topological polar surface area (TPSA) is 45.4 Å². The molecule has 23 heavy (non-hydrogen) atoms. The van der Waals surface area contributed by atoms with Crippen LogP contribution in [0.25, 0.3) is 11.5 Å². The van der Waals surface area contributed by atoms with Crippen LogP contribution in [-0.4, -0.2) is 53.2 Å². The second-order valence-corrected chi connectivity index (χ2v) is 7.00. The summed E-state index contributed by atoms with van der Waals surface area (Å²) >= 11 is 0. The summed E-state index contributed by atoms with van der Waals surface area (Å²) in [6, 6.07) is 10.5. The van der Waals surface area contributed by atoms with E-state index < -0.39 is 0 Å². The minimum atomic E-state index is 0.589. The van der Waals surface area contributed by atoms with Crippen molar-refractivity contribution in [1.82, 2.24) is 20.0 Å². The van der Waals surface area contributed by atoms with Gasteiger partial charge >= 0.3 is 0 Å². The second-order valence-electron chi connectivity index (χ2n) is 7.00. The smallest absolute Gasteiger partial charge is 0.247 e. The van der Waals surface area contributed by atoms with E-state index >= 15 is 0 Å². The molecule has 3 rings (SSSR count). The van der Waals surface area contributed by atoms with Crippen molar-refractivity contribution in [3.05, 3.63) is 36.2 Å². The van der Waals surface area contributed by atoms with E-state index in [-0.39, 0.29) is 0 Å². The number of hydrogen-bond acceptors (Lipinski definition) is 5. The molecule has 0 spiro atoms. The highest BCUT2D eigenvalue weighted by Crippen LogP contribution is 2.28. The lowest BCUT2D eigenvalue weighted by Crippen LogP contribution is -2.37. The molecule has 5 nitrogen and oxygen atoms in total. The lowest BCUT2D eigenvalue weighted by Gasteiger charge is -2.27. The molecule has 5 heteroatoms. The van der Waals surface area contributed by atoms with Gasteiger partial charge in [0, 0.05) is 24.7 Å². The molecule has 2 atom stereocenters. The van der Waals surface area contributed by atoms with Gasteiger partial charge in [-0.25, -0.2) is 0 Å². The molecule has 2 heterocycles. The highest BCUT2D eigenvalue weighted by Gasteiger charge is 2.36. The zero-order valence-corrected chi connectivity index (χ0v) is 14.4. The number of rotatable bonds is 5. The quantitative estimate of drug-likeness (QED) is 0.849. The largest absolute Gasteiger partial charge is 0.419 e. The van der Waals surface area contributed by atoms with Gasteiger partial charge in [0.25, 0.3) is 0 Å². The highest BCUT2D eigenvalue weighted by molar-refractivity contribution is 5.51. The van der Waals surface area contributed by atoms with E-state index in [1.54, 1.807) is 0 Å². The van der Waals surface area contributed by atoms with Crippen LogP contribution in [0.4, 0.5) is 0 Å². The van der Waals surface area contributed by atoms with E-state index in [4.69, 9.17) is 4.42 Å². The first-order valence-electron chi connectivity index (χ1n) is 8.31. The number of hydrogen-bond donors (Lipinski definition) is 0. The third kappa shape index (κ3) is 3.62. The average Bonchev–Trinajstić information content (AvgIpc) is 3.16. The van der Waals surface area contributed by atoms with Crippen LogP contribution < -0.4 is 0 Å². The maximum atomic E-state index is 5.85. The number of aromatic nitrogens is 2. The number of likely N-dealkylation sites (tertiary alicyclic amines) is 1. The number of likely N-dealkylation sites (N-methyl/N-ethyl adjacent to an activating group) is 1. The predicted molar refractivity (Wildman–Crippen MR) is 90.8 cm³/mol. The maximum Gasteiger partial charge on any atom is 0.247 e. The van der Waals surface area contributed by atoms with E-state index in [9.17, 15) is 0 Å². The number of nitrogens with zero attached hydrogens (tertiary/aromatic N) is 4. The molecule has 124 valence electrons. The monoisotopic (exact) mass is 314 g/mol. The Bertz CT molecular complexity index is 607. The molecule has 0 unspecified atom stereocenters. The van der Waals surface area contributed by atoms with Gasteiger partial charge in [-0.1, -0.05) is 32.0 Å². The Morgan fingerprint density at radius 1 is 1.17 bits per heavy atom. The van der Waals surface area contributed by atoms with Gasteiger partial charge in [0.05, 0.1) is 6.54 Å². The fourth-order valence-electron chi connectivity index (χ4n) is 3.43. The lowest BCUT2D eigenvalue weighted by molar-refractivity contribution is 0.215. The molecule has 1 fully saturated rings. The van der Waals surface area contributed by atoms with Crippen molar-refractivity contribution in [3.63, 3.8) is 0 Å². The molecule has 0 N–H and O–H groups in total. The third-order valence-corrected chi connectivity index (χ3v) is 4.77. The van der Waals surface area contributed by atoms with E-state index in [0.29, 0.717) is 29.7 Å². The molecule has 1 aromatic heterocycles. The zero-order chi connectivity index (χ0) is 16.4. The van der Waals surface area contributed by atoms with Gasteiger partial charge in [-0.05, 0) is 38.1 Å².